The van der Waals surface area contributed by atoms with Gasteiger partial charge in [-0.3, -0.25) is 0 Å². The van der Waals surface area contributed by atoms with Gasteiger partial charge in [0.25, 0.3) is 0 Å². The number of benzene rings is 3. The number of methoxy groups -OCH3 is 1. The van der Waals surface area contributed by atoms with Crippen molar-refractivity contribution in [3.8, 4) is 34.1 Å². The van der Waals surface area contributed by atoms with Crippen molar-refractivity contribution in [3.05, 3.63) is 77.9 Å². The van der Waals surface area contributed by atoms with Crippen LogP contribution in [0.15, 0.2) is 66.7 Å². The lowest BCUT2D eigenvalue weighted by Crippen LogP contribution is -1.88. The first kappa shape index (κ1) is 14.9. The fourth-order valence-electron chi connectivity index (χ4n) is 2.58. The summed E-state index contributed by atoms with van der Waals surface area (Å²) in [7, 11) is 1.66. The van der Waals surface area contributed by atoms with Crippen molar-refractivity contribution < 1.29 is 4.74 Å². The van der Waals surface area contributed by atoms with Crippen LogP contribution in [0.5, 0.6) is 5.75 Å². The standard InChI is InChI=1S/C21H17NO/c1-15-3-5-17(6-4-15)21-13-18(7-8-19(21)14-22)16-9-11-20(23-2)12-10-16/h3-13H,1-2H3. The predicted octanol–water partition coefficient (Wildman–Crippen LogP) is 5.21. The normalized spacial score (nSPS) is 10.1. The molecule has 3 aromatic carbocycles. The van der Waals surface area contributed by atoms with Crippen LogP contribution in [0, 0.1) is 18.3 Å². The van der Waals surface area contributed by atoms with E-state index < -0.39 is 0 Å². The van der Waals surface area contributed by atoms with Gasteiger partial charge in [0.05, 0.1) is 18.7 Å². The zero-order chi connectivity index (χ0) is 16.2. The average molecular weight is 299 g/mol. The van der Waals surface area contributed by atoms with E-state index >= 15 is 0 Å². The van der Waals surface area contributed by atoms with Crippen LogP contribution in [-0.2, 0) is 0 Å². The summed E-state index contributed by atoms with van der Waals surface area (Å²) < 4.78 is 5.20. The molecule has 0 atom stereocenters. The van der Waals surface area contributed by atoms with Gasteiger partial charge in [0.15, 0.2) is 0 Å². The second kappa shape index (κ2) is 6.37. The third-order valence-corrected chi connectivity index (χ3v) is 3.93. The summed E-state index contributed by atoms with van der Waals surface area (Å²) >= 11 is 0. The Morgan fingerprint density at radius 2 is 1.39 bits per heavy atom. The molecule has 112 valence electrons. The highest BCUT2D eigenvalue weighted by Gasteiger charge is 2.08. The van der Waals surface area contributed by atoms with E-state index in [-0.39, 0.29) is 0 Å². The Morgan fingerprint density at radius 3 is 2.00 bits per heavy atom. The van der Waals surface area contributed by atoms with Crippen LogP contribution in [0.1, 0.15) is 11.1 Å². The lowest BCUT2D eigenvalue weighted by molar-refractivity contribution is 0.415. The molecule has 2 heteroatoms. The molecule has 3 rings (SSSR count). The Labute approximate surface area is 136 Å². The molecule has 0 unspecified atom stereocenters. The van der Waals surface area contributed by atoms with Crippen LogP contribution < -0.4 is 4.74 Å². The van der Waals surface area contributed by atoms with Crippen molar-refractivity contribution in [1.82, 2.24) is 0 Å². The van der Waals surface area contributed by atoms with Gasteiger partial charge in [-0.1, -0.05) is 48.0 Å². The van der Waals surface area contributed by atoms with E-state index in [1.807, 2.05) is 36.4 Å². The summed E-state index contributed by atoms with van der Waals surface area (Å²) in [4.78, 5) is 0. The van der Waals surface area contributed by atoms with E-state index in [0.717, 1.165) is 28.0 Å². The second-order valence-corrected chi connectivity index (χ2v) is 5.47. The van der Waals surface area contributed by atoms with Crippen LogP contribution in [0.3, 0.4) is 0 Å². The smallest absolute Gasteiger partial charge is 0.118 e. The predicted molar refractivity (Wildman–Crippen MR) is 93.3 cm³/mol. The van der Waals surface area contributed by atoms with E-state index in [9.17, 15) is 5.26 Å². The Kier molecular flexibility index (Phi) is 4.12. The molecule has 2 nitrogen and oxygen atoms in total. The topological polar surface area (TPSA) is 33.0 Å². The average Bonchev–Trinajstić information content (AvgIpc) is 2.62. The fourth-order valence-corrected chi connectivity index (χ4v) is 2.58. The highest BCUT2D eigenvalue weighted by molar-refractivity contribution is 5.77. The van der Waals surface area contributed by atoms with Gasteiger partial charge in [0, 0.05) is 5.56 Å². The van der Waals surface area contributed by atoms with Crippen molar-refractivity contribution in [1.29, 1.82) is 5.26 Å². The van der Waals surface area contributed by atoms with Crippen LogP contribution in [0.4, 0.5) is 0 Å². The summed E-state index contributed by atoms with van der Waals surface area (Å²) in [6.45, 7) is 2.06. The van der Waals surface area contributed by atoms with Gasteiger partial charge in [0.2, 0.25) is 0 Å². The molecule has 0 N–H and O–H groups in total. The zero-order valence-corrected chi connectivity index (χ0v) is 13.2. The van der Waals surface area contributed by atoms with Gasteiger partial charge >= 0.3 is 0 Å². The molecule has 0 aromatic heterocycles. The third kappa shape index (κ3) is 3.09. The third-order valence-electron chi connectivity index (χ3n) is 3.93. The minimum atomic E-state index is 0.686. The molecule has 0 heterocycles. The molecule has 0 aliphatic carbocycles. The van der Waals surface area contributed by atoms with Crippen LogP contribution in [0.2, 0.25) is 0 Å². The molecule has 0 spiro atoms. The SMILES string of the molecule is COc1ccc(-c2ccc(C#N)c(-c3ccc(C)cc3)c2)cc1. The maximum Gasteiger partial charge on any atom is 0.118 e. The Hall–Kier alpha value is -3.05. The zero-order valence-electron chi connectivity index (χ0n) is 13.2. The van der Waals surface area contributed by atoms with Crippen molar-refractivity contribution in [3.63, 3.8) is 0 Å². The Bertz CT molecular complexity index is 856. The van der Waals surface area contributed by atoms with Gasteiger partial charge < -0.3 is 4.74 Å². The molecule has 0 fully saturated rings. The number of aryl methyl sites for hydroxylation is 1. The Balaban J connectivity index is 2.08. The van der Waals surface area contributed by atoms with Gasteiger partial charge in [0.1, 0.15) is 5.75 Å². The first-order valence-corrected chi connectivity index (χ1v) is 7.47. The second-order valence-electron chi connectivity index (χ2n) is 5.47. The summed E-state index contributed by atoms with van der Waals surface area (Å²) in [5.41, 5.74) is 6.10. The summed E-state index contributed by atoms with van der Waals surface area (Å²) in [5.74, 6) is 0.834. The monoisotopic (exact) mass is 299 g/mol. The number of ether oxygens (including phenoxy) is 1. The molecular weight excluding hydrogens is 282 g/mol. The molecule has 0 aliphatic heterocycles. The highest BCUT2D eigenvalue weighted by atomic mass is 16.5. The van der Waals surface area contributed by atoms with Crippen LogP contribution in [-0.4, -0.2) is 7.11 Å². The van der Waals surface area contributed by atoms with Gasteiger partial charge in [-0.05, 0) is 47.9 Å². The van der Waals surface area contributed by atoms with E-state index in [0.29, 0.717) is 5.56 Å². The summed E-state index contributed by atoms with van der Waals surface area (Å²) in [6, 6.07) is 24.4. The van der Waals surface area contributed by atoms with Crippen molar-refractivity contribution in [2.45, 2.75) is 6.92 Å². The minimum Gasteiger partial charge on any atom is -0.497 e. The minimum absolute atomic E-state index is 0.686. The molecule has 0 bridgehead atoms. The number of nitriles is 1. The molecule has 23 heavy (non-hydrogen) atoms. The summed E-state index contributed by atoms with van der Waals surface area (Å²) in [5, 5.41) is 9.40. The van der Waals surface area contributed by atoms with Crippen LogP contribution >= 0.6 is 0 Å². The van der Waals surface area contributed by atoms with Gasteiger partial charge in [-0.25, -0.2) is 0 Å². The van der Waals surface area contributed by atoms with Crippen molar-refractivity contribution in [2.24, 2.45) is 0 Å². The molecule has 0 aliphatic rings. The summed E-state index contributed by atoms with van der Waals surface area (Å²) in [6.07, 6.45) is 0. The number of rotatable bonds is 3. The fraction of sp³-hybridized carbons (Fsp3) is 0.0952. The molecular formula is C21H17NO. The lowest BCUT2D eigenvalue weighted by atomic mass is 9.94. The van der Waals surface area contributed by atoms with E-state index in [1.54, 1.807) is 7.11 Å². The van der Waals surface area contributed by atoms with Crippen LogP contribution in [0.25, 0.3) is 22.3 Å². The largest absolute Gasteiger partial charge is 0.497 e. The first-order chi connectivity index (χ1) is 11.2. The number of hydrogen-bond acceptors (Lipinski definition) is 2. The molecule has 0 saturated carbocycles. The van der Waals surface area contributed by atoms with Crippen molar-refractivity contribution >= 4 is 0 Å². The van der Waals surface area contributed by atoms with Gasteiger partial charge in [-0.15, -0.1) is 0 Å². The quantitative estimate of drug-likeness (QED) is 0.665. The molecule has 3 aromatic rings. The maximum absolute atomic E-state index is 9.40. The molecule has 0 saturated heterocycles. The maximum atomic E-state index is 9.40. The first-order valence-electron chi connectivity index (χ1n) is 7.47. The lowest BCUT2D eigenvalue weighted by Gasteiger charge is -2.09. The number of nitrogens with zero attached hydrogens (tertiary/aromatic N) is 1. The molecule has 0 amide bonds. The van der Waals surface area contributed by atoms with E-state index in [4.69, 9.17) is 4.74 Å². The van der Waals surface area contributed by atoms with Crippen molar-refractivity contribution in [2.75, 3.05) is 7.11 Å². The Morgan fingerprint density at radius 1 is 0.783 bits per heavy atom. The van der Waals surface area contributed by atoms with Gasteiger partial charge in [-0.2, -0.15) is 5.26 Å². The van der Waals surface area contributed by atoms with E-state index in [2.05, 4.69) is 43.3 Å². The number of hydrogen-bond donors (Lipinski definition) is 0. The molecule has 0 radical (unpaired) electrons. The highest BCUT2D eigenvalue weighted by Crippen LogP contribution is 2.30. The van der Waals surface area contributed by atoms with E-state index in [1.165, 1.54) is 5.56 Å².